The zero-order valence-corrected chi connectivity index (χ0v) is 14.5. The first-order valence-corrected chi connectivity index (χ1v) is 8.54. The standard InChI is InChI=1S/C17H14N2O6S/c1-10(20)13-6-15-16(25-9-24-15)7-14(13)18-17(21)8-26-12-4-2-11(3-5-12)19(22)23/h2-7H,8-9H2,1H3,(H,18,21). The Morgan fingerprint density at radius 3 is 2.46 bits per heavy atom. The maximum atomic E-state index is 12.2. The second kappa shape index (κ2) is 7.44. The highest BCUT2D eigenvalue weighted by molar-refractivity contribution is 8.00. The Hall–Kier alpha value is -3.07. The summed E-state index contributed by atoms with van der Waals surface area (Å²) in [6.45, 7) is 1.47. The van der Waals surface area contributed by atoms with E-state index in [9.17, 15) is 19.7 Å². The predicted molar refractivity (Wildman–Crippen MR) is 95.0 cm³/mol. The van der Waals surface area contributed by atoms with Gasteiger partial charge in [-0.05, 0) is 25.1 Å². The Balaban J connectivity index is 1.66. The maximum absolute atomic E-state index is 12.2. The first-order valence-electron chi connectivity index (χ1n) is 7.56. The Morgan fingerprint density at radius 1 is 1.19 bits per heavy atom. The molecule has 9 heteroatoms. The van der Waals surface area contributed by atoms with Gasteiger partial charge in [-0.3, -0.25) is 19.7 Å². The van der Waals surface area contributed by atoms with E-state index in [0.717, 1.165) is 4.90 Å². The number of hydrogen-bond acceptors (Lipinski definition) is 7. The van der Waals surface area contributed by atoms with E-state index in [1.165, 1.54) is 30.8 Å². The summed E-state index contributed by atoms with van der Waals surface area (Å²) in [5.41, 5.74) is 0.684. The molecular formula is C17H14N2O6S. The molecule has 8 nitrogen and oxygen atoms in total. The highest BCUT2D eigenvalue weighted by Gasteiger charge is 2.20. The molecule has 1 N–H and O–H groups in total. The van der Waals surface area contributed by atoms with E-state index in [1.54, 1.807) is 24.3 Å². The molecule has 0 aromatic heterocycles. The lowest BCUT2D eigenvalue weighted by molar-refractivity contribution is -0.384. The van der Waals surface area contributed by atoms with Crippen molar-refractivity contribution in [3.63, 3.8) is 0 Å². The molecule has 26 heavy (non-hydrogen) atoms. The first kappa shape index (κ1) is 17.7. The molecule has 1 heterocycles. The number of ether oxygens (including phenoxy) is 2. The van der Waals surface area contributed by atoms with Crippen LogP contribution in [-0.4, -0.2) is 29.2 Å². The number of fused-ring (bicyclic) bond motifs is 1. The topological polar surface area (TPSA) is 108 Å². The zero-order chi connectivity index (χ0) is 18.7. The smallest absolute Gasteiger partial charge is 0.269 e. The SMILES string of the molecule is CC(=O)c1cc2c(cc1NC(=O)CSc1ccc([N+](=O)[O-])cc1)OCO2. The van der Waals surface area contributed by atoms with Crippen molar-refractivity contribution < 1.29 is 24.0 Å². The molecule has 1 aliphatic rings. The van der Waals surface area contributed by atoms with Crippen LogP contribution in [-0.2, 0) is 4.79 Å². The Morgan fingerprint density at radius 2 is 1.85 bits per heavy atom. The molecule has 0 fully saturated rings. The number of carbonyl (C=O) groups is 2. The van der Waals surface area contributed by atoms with Gasteiger partial charge in [0.1, 0.15) is 0 Å². The third kappa shape index (κ3) is 3.94. The molecule has 0 atom stereocenters. The van der Waals surface area contributed by atoms with Crippen LogP contribution in [0.3, 0.4) is 0 Å². The molecule has 0 bridgehead atoms. The quantitative estimate of drug-likeness (QED) is 0.358. The molecule has 2 aromatic rings. The fourth-order valence-electron chi connectivity index (χ4n) is 2.34. The summed E-state index contributed by atoms with van der Waals surface area (Å²) in [6.07, 6.45) is 0. The number of amides is 1. The average Bonchev–Trinajstić information content (AvgIpc) is 3.06. The molecule has 0 saturated heterocycles. The molecule has 0 radical (unpaired) electrons. The molecule has 0 spiro atoms. The van der Waals surface area contributed by atoms with Gasteiger partial charge in [-0.1, -0.05) is 0 Å². The fraction of sp³-hybridized carbons (Fsp3) is 0.176. The van der Waals surface area contributed by atoms with Gasteiger partial charge in [0, 0.05) is 28.7 Å². The Bertz CT molecular complexity index is 882. The minimum atomic E-state index is -0.482. The van der Waals surface area contributed by atoms with Crippen molar-refractivity contribution in [2.75, 3.05) is 17.9 Å². The van der Waals surface area contributed by atoms with Crippen LogP contribution in [0.5, 0.6) is 11.5 Å². The van der Waals surface area contributed by atoms with Crippen molar-refractivity contribution in [1.29, 1.82) is 0 Å². The van der Waals surface area contributed by atoms with Crippen molar-refractivity contribution in [1.82, 2.24) is 0 Å². The second-order valence-electron chi connectivity index (χ2n) is 5.40. The molecular weight excluding hydrogens is 360 g/mol. The summed E-state index contributed by atoms with van der Waals surface area (Å²) in [5, 5.41) is 13.3. The summed E-state index contributed by atoms with van der Waals surface area (Å²) in [4.78, 5) is 34.9. The van der Waals surface area contributed by atoms with Gasteiger partial charge < -0.3 is 14.8 Å². The van der Waals surface area contributed by atoms with Crippen molar-refractivity contribution in [2.24, 2.45) is 0 Å². The number of Topliss-reactive ketones (excluding diaryl/α,β-unsaturated/α-hetero) is 1. The third-order valence-electron chi connectivity index (χ3n) is 3.58. The van der Waals surface area contributed by atoms with E-state index in [2.05, 4.69) is 5.32 Å². The van der Waals surface area contributed by atoms with Gasteiger partial charge in [-0.25, -0.2) is 0 Å². The number of benzene rings is 2. The van der Waals surface area contributed by atoms with Crippen LogP contribution in [0.4, 0.5) is 11.4 Å². The number of thioether (sulfide) groups is 1. The van der Waals surface area contributed by atoms with Crippen LogP contribution in [0.15, 0.2) is 41.3 Å². The van der Waals surface area contributed by atoms with Crippen LogP contribution in [0.1, 0.15) is 17.3 Å². The highest BCUT2D eigenvalue weighted by Crippen LogP contribution is 2.37. The lowest BCUT2D eigenvalue weighted by Crippen LogP contribution is -2.16. The molecule has 2 aromatic carbocycles. The van der Waals surface area contributed by atoms with Crippen LogP contribution in [0.25, 0.3) is 0 Å². The summed E-state index contributed by atoms with van der Waals surface area (Å²) in [6, 6.07) is 9.03. The number of nitro groups is 1. The van der Waals surface area contributed by atoms with E-state index < -0.39 is 4.92 Å². The number of ketones is 1. The number of carbonyl (C=O) groups excluding carboxylic acids is 2. The maximum Gasteiger partial charge on any atom is 0.269 e. The van der Waals surface area contributed by atoms with E-state index in [-0.39, 0.29) is 29.9 Å². The van der Waals surface area contributed by atoms with Gasteiger partial charge in [-0.15, -0.1) is 11.8 Å². The number of anilines is 1. The van der Waals surface area contributed by atoms with E-state index >= 15 is 0 Å². The van der Waals surface area contributed by atoms with Crippen LogP contribution >= 0.6 is 11.8 Å². The van der Waals surface area contributed by atoms with Gasteiger partial charge in [-0.2, -0.15) is 0 Å². The van der Waals surface area contributed by atoms with Crippen LogP contribution in [0, 0.1) is 10.1 Å². The monoisotopic (exact) mass is 374 g/mol. The van der Waals surface area contributed by atoms with E-state index in [0.29, 0.717) is 22.7 Å². The highest BCUT2D eigenvalue weighted by atomic mass is 32.2. The van der Waals surface area contributed by atoms with Gasteiger partial charge >= 0.3 is 0 Å². The molecule has 0 saturated carbocycles. The summed E-state index contributed by atoms with van der Waals surface area (Å²) in [7, 11) is 0. The Kier molecular flexibility index (Phi) is 5.08. The molecule has 0 aliphatic carbocycles. The minimum absolute atomic E-state index is 0.00902. The molecule has 3 rings (SSSR count). The number of non-ortho nitro benzene ring substituents is 1. The zero-order valence-electron chi connectivity index (χ0n) is 13.7. The van der Waals surface area contributed by atoms with Crippen molar-refractivity contribution in [2.45, 2.75) is 11.8 Å². The van der Waals surface area contributed by atoms with Crippen molar-refractivity contribution in [3.8, 4) is 11.5 Å². The van der Waals surface area contributed by atoms with E-state index in [4.69, 9.17) is 9.47 Å². The average molecular weight is 374 g/mol. The minimum Gasteiger partial charge on any atom is -0.454 e. The lowest BCUT2D eigenvalue weighted by Gasteiger charge is -2.10. The van der Waals surface area contributed by atoms with Crippen molar-refractivity contribution >= 4 is 34.8 Å². The molecule has 1 aliphatic heterocycles. The normalized spacial score (nSPS) is 11.9. The molecule has 0 unspecified atom stereocenters. The van der Waals surface area contributed by atoms with Crippen LogP contribution < -0.4 is 14.8 Å². The first-order chi connectivity index (χ1) is 12.4. The second-order valence-corrected chi connectivity index (χ2v) is 6.44. The summed E-state index contributed by atoms with van der Waals surface area (Å²) < 4.78 is 10.5. The van der Waals surface area contributed by atoms with Gasteiger partial charge in [0.15, 0.2) is 17.3 Å². The largest absolute Gasteiger partial charge is 0.454 e. The van der Waals surface area contributed by atoms with Gasteiger partial charge in [0.2, 0.25) is 12.7 Å². The molecule has 1 amide bonds. The number of nitrogens with one attached hydrogen (secondary N) is 1. The lowest BCUT2D eigenvalue weighted by atomic mass is 10.1. The molecule has 134 valence electrons. The third-order valence-corrected chi connectivity index (χ3v) is 4.60. The number of hydrogen-bond donors (Lipinski definition) is 1. The number of rotatable bonds is 6. The van der Waals surface area contributed by atoms with Crippen LogP contribution in [0.2, 0.25) is 0 Å². The number of nitrogens with zero attached hydrogens (tertiary/aromatic N) is 1. The van der Waals surface area contributed by atoms with Gasteiger partial charge in [0.05, 0.1) is 16.4 Å². The predicted octanol–water partition coefficient (Wildman–Crippen LogP) is 3.26. The summed E-state index contributed by atoms with van der Waals surface area (Å²) >= 11 is 1.23. The van der Waals surface area contributed by atoms with E-state index in [1.807, 2.05) is 0 Å². The Labute approximate surface area is 152 Å². The summed E-state index contributed by atoms with van der Waals surface area (Å²) in [5.74, 6) is 0.502. The fourth-order valence-corrected chi connectivity index (χ4v) is 3.03. The van der Waals surface area contributed by atoms with Gasteiger partial charge in [0.25, 0.3) is 5.69 Å². The van der Waals surface area contributed by atoms with Crippen molar-refractivity contribution in [3.05, 3.63) is 52.1 Å². The number of nitro benzene ring substituents is 1.